The summed E-state index contributed by atoms with van der Waals surface area (Å²) in [6, 6.07) is 9.05. The zero-order valence-corrected chi connectivity index (χ0v) is 11.9. The number of aliphatic hydroxyl groups is 1. The topological polar surface area (TPSA) is 60.9 Å². The minimum absolute atomic E-state index is 0.141. The maximum absolute atomic E-state index is 12.5. The van der Waals surface area contributed by atoms with Crippen molar-refractivity contribution >= 4 is 15.9 Å². The van der Waals surface area contributed by atoms with Crippen LogP contribution in [0.1, 0.15) is 12.8 Å². The highest BCUT2D eigenvalue weighted by Crippen LogP contribution is 2.23. The lowest BCUT2D eigenvalue weighted by atomic mass is 10.00. The SMILES string of the molecule is CN(c1ccccc1)S(=O)(=O)N1CCC(CO)CC1. The van der Waals surface area contributed by atoms with Gasteiger partial charge in [-0.05, 0) is 30.9 Å². The normalized spacial score (nSPS) is 18.4. The molecule has 1 heterocycles. The molecule has 0 aliphatic carbocycles. The second-order valence-electron chi connectivity index (χ2n) is 4.84. The lowest BCUT2D eigenvalue weighted by Crippen LogP contribution is -2.46. The van der Waals surface area contributed by atoms with Crippen LogP contribution >= 0.6 is 0 Å². The van der Waals surface area contributed by atoms with Crippen molar-refractivity contribution in [2.45, 2.75) is 12.8 Å². The van der Waals surface area contributed by atoms with E-state index in [2.05, 4.69) is 0 Å². The van der Waals surface area contributed by atoms with E-state index in [1.807, 2.05) is 18.2 Å². The van der Waals surface area contributed by atoms with Crippen molar-refractivity contribution in [2.24, 2.45) is 5.92 Å². The average Bonchev–Trinajstić information content (AvgIpc) is 2.47. The van der Waals surface area contributed by atoms with Crippen LogP contribution in [0.5, 0.6) is 0 Å². The summed E-state index contributed by atoms with van der Waals surface area (Å²) < 4.78 is 27.7. The van der Waals surface area contributed by atoms with Crippen LogP contribution in [0.25, 0.3) is 0 Å². The second-order valence-corrected chi connectivity index (χ2v) is 6.80. The van der Waals surface area contributed by atoms with Gasteiger partial charge < -0.3 is 5.11 Å². The lowest BCUT2D eigenvalue weighted by Gasteiger charge is -2.33. The number of rotatable bonds is 4. The third-order valence-corrected chi connectivity index (χ3v) is 5.54. The van der Waals surface area contributed by atoms with Crippen LogP contribution in [-0.2, 0) is 10.2 Å². The maximum Gasteiger partial charge on any atom is 0.303 e. The molecule has 0 unspecified atom stereocenters. The van der Waals surface area contributed by atoms with Gasteiger partial charge in [0.1, 0.15) is 0 Å². The third kappa shape index (κ3) is 3.08. The van der Waals surface area contributed by atoms with E-state index in [-0.39, 0.29) is 12.5 Å². The first-order valence-corrected chi connectivity index (χ1v) is 7.85. The van der Waals surface area contributed by atoms with Gasteiger partial charge in [-0.25, -0.2) is 0 Å². The molecular weight excluding hydrogens is 264 g/mol. The predicted octanol–water partition coefficient (Wildman–Crippen LogP) is 1.07. The molecule has 19 heavy (non-hydrogen) atoms. The molecule has 1 N–H and O–H groups in total. The monoisotopic (exact) mass is 284 g/mol. The molecule has 1 aromatic rings. The molecule has 0 aromatic heterocycles. The molecule has 0 saturated carbocycles. The Bertz CT molecular complexity index is 496. The molecule has 1 fully saturated rings. The van der Waals surface area contributed by atoms with E-state index in [9.17, 15) is 8.42 Å². The van der Waals surface area contributed by atoms with E-state index < -0.39 is 10.2 Å². The Hall–Kier alpha value is -1.11. The summed E-state index contributed by atoms with van der Waals surface area (Å²) in [5.74, 6) is 0.230. The molecule has 2 rings (SSSR count). The Morgan fingerprint density at radius 3 is 2.37 bits per heavy atom. The zero-order valence-electron chi connectivity index (χ0n) is 11.1. The van der Waals surface area contributed by atoms with Gasteiger partial charge in [-0.15, -0.1) is 0 Å². The number of benzene rings is 1. The summed E-state index contributed by atoms with van der Waals surface area (Å²) >= 11 is 0. The van der Waals surface area contributed by atoms with Crippen LogP contribution < -0.4 is 4.31 Å². The summed E-state index contributed by atoms with van der Waals surface area (Å²) in [5, 5.41) is 9.09. The Morgan fingerprint density at radius 1 is 1.26 bits per heavy atom. The van der Waals surface area contributed by atoms with Gasteiger partial charge in [0, 0.05) is 26.7 Å². The fourth-order valence-corrected chi connectivity index (χ4v) is 3.67. The first-order chi connectivity index (χ1) is 9.05. The lowest BCUT2D eigenvalue weighted by molar-refractivity contribution is 0.170. The van der Waals surface area contributed by atoms with E-state index in [0.717, 1.165) is 12.8 Å². The number of nitrogens with zero attached hydrogens (tertiary/aromatic N) is 2. The average molecular weight is 284 g/mol. The third-order valence-electron chi connectivity index (χ3n) is 3.62. The number of aliphatic hydroxyl groups excluding tert-OH is 1. The van der Waals surface area contributed by atoms with Gasteiger partial charge >= 0.3 is 10.2 Å². The molecule has 5 nitrogen and oxygen atoms in total. The van der Waals surface area contributed by atoms with Gasteiger partial charge in [-0.2, -0.15) is 12.7 Å². The molecule has 0 spiro atoms. The highest BCUT2D eigenvalue weighted by molar-refractivity contribution is 7.90. The minimum atomic E-state index is -3.46. The smallest absolute Gasteiger partial charge is 0.303 e. The van der Waals surface area contributed by atoms with Gasteiger partial charge in [0.2, 0.25) is 0 Å². The second kappa shape index (κ2) is 5.90. The van der Waals surface area contributed by atoms with E-state index in [0.29, 0.717) is 18.8 Å². The van der Waals surface area contributed by atoms with Crippen LogP contribution in [0, 0.1) is 5.92 Å². The predicted molar refractivity (Wildman–Crippen MR) is 75.1 cm³/mol. The molecule has 1 aliphatic heterocycles. The van der Waals surface area contributed by atoms with Gasteiger partial charge in [0.15, 0.2) is 0 Å². The zero-order chi connectivity index (χ0) is 13.9. The van der Waals surface area contributed by atoms with Gasteiger partial charge in [0.25, 0.3) is 0 Å². The van der Waals surface area contributed by atoms with E-state index in [4.69, 9.17) is 5.11 Å². The van der Waals surface area contributed by atoms with Crippen LogP contribution in [0.2, 0.25) is 0 Å². The standard InChI is InChI=1S/C13H20N2O3S/c1-14(13-5-3-2-4-6-13)19(17,18)15-9-7-12(11-16)8-10-15/h2-6,12,16H,7-11H2,1H3. The summed E-state index contributed by atoms with van der Waals surface area (Å²) in [5.41, 5.74) is 0.659. The summed E-state index contributed by atoms with van der Waals surface area (Å²) in [4.78, 5) is 0. The molecule has 1 saturated heterocycles. The molecular formula is C13H20N2O3S. The minimum Gasteiger partial charge on any atom is -0.396 e. The fourth-order valence-electron chi connectivity index (χ4n) is 2.27. The van der Waals surface area contributed by atoms with Crippen molar-refractivity contribution in [3.8, 4) is 0 Å². The molecule has 0 atom stereocenters. The Balaban J connectivity index is 2.11. The van der Waals surface area contributed by atoms with Crippen molar-refractivity contribution in [3.05, 3.63) is 30.3 Å². The maximum atomic E-state index is 12.5. The van der Waals surface area contributed by atoms with Crippen LogP contribution in [0.15, 0.2) is 30.3 Å². The molecule has 0 bridgehead atoms. The van der Waals surface area contributed by atoms with Gasteiger partial charge in [-0.1, -0.05) is 18.2 Å². The summed E-state index contributed by atoms with van der Waals surface area (Å²) in [6.07, 6.45) is 1.44. The highest BCUT2D eigenvalue weighted by atomic mass is 32.2. The molecule has 1 aromatic carbocycles. The van der Waals surface area contributed by atoms with Crippen molar-refractivity contribution in [3.63, 3.8) is 0 Å². The molecule has 1 aliphatic rings. The van der Waals surface area contributed by atoms with Crippen molar-refractivity contribution in [1.82, 2.24) is 4.31 Å². The van der Waals surface area contributed by atoms with E-state index >= 15 is 0 Å². The Labute approximate surface area is 114 Å². The number of anilines is 1. The molecule has 0 amide bonds. The van der Waals surface area contributed by atoms with Gasteiger partial charge in [0.05, 0.1) is 5.69 Å². The summed E-state index contributed by atoms with van der Waals surface area (Å²) in [7, 11) is -1.89. The Kier molecular flexibility index (Phi) is 4.44. The molecule has 106 valence electrons. The van der Waals surface area contributed by atoms with Crippen LogP contribution in [-0.4, -0.2) is 44.6 Å². The first-order valence-electron chi connectivity index (χ1n) is 6.45. The first kappa shape index (κ1) is 14.3. The Morgan fingerprint density at radius 2 is 1.84 bits per heavy atom. The largest absolute Gasteiger partial charge is 0.396 e. The van der Waals surface area contributed by atoms with E-state index in [1.165, 1.54) is 8.61 Å². The number of piperidine rings is 1. The number of hydrogen-bond donors (Lipinski definition) is 1. The number of para-hydroxylation sites is 1. The molecule has 0 radical (unpaired) electrons. The number of hydrogen-bond acceptors (Lipinski definition) is 3. The van der Waals surface area contributed by atoms with Gasteiger partial charge in [-0.3, -0.25) is 4.31 Å². The van der Waals surface area contributed by atoms with Crippen molar-refractivity contribution < 1.29 is 13.5 Å². The molecule has 6 heteroatoms. The van der Waals surface area contributed by atoms with E-state index in [1.54, 1.807) is 19.2 Å². The van der Waals surface area contributed by atoms with Crippen molar-refractivity contribution in [1.29, 1.82) is 0 Å². The quantitative estimate of drug-likeness (QED) is 0.899. The van der Waals surface area contributed by atoms with Crippen molar-refractivity contribution in [2.75, 3.05) is 31.0 Å². The highest BCUT2D eigenvalue weighted by Gasteiger charge is 2.30. The fraction of sp³-hybridized carbons (Fsp3) is 0.538. The van der Waals surface area contributed by atoms with Crippen LogP contribution in [0.3, 0.4) is 0 Å². The summed E-state index contributed by atoms with van der Waals surface area (Å²) in [6.45, 7) is 1.10. The van der Waals surface area contributed by atoms with Crippen LogP contribution in [0.4, 0.5) is 5.69 Å².